The minimum Gasteiger partial charge on any atom is -0.303 e. The summed E-state index contributed by atoms with van der Waals surface area (Å²) in [5.74, 6) is 2.03. The smallest absolute Gasteiger partial charge is 0.0441 e. The summed E-state index contributed by atoms with van der Waals surface area (Å²) in [6.07, 6.45) is 0. The van der Waals surface area contributed by atoms with Crippen LogP contribution in [0, 0.1) is 0 Å². The fourth-order valence-electron chi connectivity index (χ4n) is 2.50. The Bertz CT molecular complexity index is 436. The minimum atomic E-state index is -0.717. The molecule has 1 N–H and O–H groups in total. The first-order valence-electron chi connectivity index (χ1n) is 6.60. The first-order chi connectivity index (χ1) is 8.37. The molecule has 0 amide bonds. The summed E-state index contributed by atoms with van der Waals surface area (Å²) in [5, 5.41) is 3.60. The first-order valence-corrected chi connectivity index (χ1v) is 8.09. The third kappa shape index (κ3) is 3.21. The lowest BCUT2D eigenvalue weighted by molar-refractivity contribution is 0.369. The Kier molecular flexibility index (Phi) is 3.93. The molecule has 1 heterocycles. The average Bonchev–Trinajstić information content (AvgIpc) is 2.26. The molecule has 1 saturated heterocycles. The molecule has 2 atom stereocenters. The van der Waals surface area contributed by atoms with Crippen LogP contribution in [-0.4, -0.2) is 21.3 Å². The molecule has 0 spiro atoms. The highest BCUT2D eigenvalue weighted by atomic mass is 32.2. The third-order valence-corrected chi connectivity index (χ3v) is 5.19. The van der Waals surface area contributed by atoms with Gasteiger partial charge in [-0.25, -0.2) is 0 Å². The van der Waals surface area contributed by atoms with Gasteiger partial charge in [0.05, 0.1) is 0 Å². The molecule has 0 saturated carbocycles. The molecule has 18 heavy (non-hydrogen) atoms. The molecule has 0 aliphatic carbocycles. The molecule has 100 valence electrons. The van der Waals surface area contributed by atoms with Gasteiger partial charge in [-0.3, -0.25) is 4.21 Å². The maximum atomic E-state index is 11.9. The van der Waals surface area contributed by atoms with E-state index in [2.05, 4.69) is 57.3 Å². The highest BCUT2D eigenvalue weighted by Gasteiger charge is 2.31. The summed E-state index contributed by atoms with van der Waals surface area (Å²) in [7, 11) is -0.717. The Morgan fingerprint density at radius 2 is 1.89 bits per heavy atom. The van der Waals surface area contributed by atoms with E-state index >= 15 is 0 Å². The fourth-order valence-corrected chi connectivity index (χ4v) is 4.15. The molecule has 0 aromatic heterocycles. The molecule has 1 aliphatic rings. The molecule has 0 radical (unpaired) electrons. The van der Waals surface area contributed by atoms with E-state index in [0.29, 0.717) is 5.92 Å². The SMILES string of the molecule is CC(C)c1ccc(C2CS(=O)CC(C)(C)N2)cc1. The third-order valence-electron chi connectivity index (χ3n) is 3.44. The predicted octanol–water partition coefficient (Wildman–Crippen LogP) is 2.98. The molecule has 2 rings (SSSR count). The monoisotopic (exact) mass is 265 g/mol. The normalized spacial score (nSPS) is 27.4. The van der Waals surface area contributed by atoms with Crippen LogP contribution in [0.2, 0.25) is 0 Å². The number of nitrogens with one attached hydrogen (secondary N) is 1. The van der Waals surface area contributed by atoms with Gasteiger partial charge in [0, 0.05) is 33.9 Å². The molecule has 1 aromatic rings. The number of hydrogen-bond acceptors (Lipinski definition) is 2. The van der Waals surface area contributed by atoms with Crippen molar-refractivity contribution in [1.82, 2.24) is 5.32 Å². The van der Waals surface area contributed by atoms with Gasteiger partial charge in [-0.15, -0.1) is 0 Å². The summed E-state index contributed by atoms with van der Waals surface area (Å²) in [6, 6.07) is 8.94. The van der Waals surface area contributed by atoms with E-state index in [4.69, 9.17) is 0 Å². The van der Waals surface area contributed by atoms with E-state index in [1.54, 1.807) is 0 Å². The van der Waals surface area contributed by atoms with Gasteiger partial charge < -0.3 is 5.32 Å². The van der Waals surface area contributed by atoms with Crippen LogP contribution in [0.25, 0.3) is 0 Å². The van der Waals surface area contributed by atoms with Gasteiger partial charge in [-0.1, -0.05) is 38.1 Å². The van der Waals surface area contributed by atoms with E-state index < -0.39 is 10.8 Å². The molecule has 0 bridgehead atoms. The van der Waals surface area contributed by atoms with Crippen LogP contribution in [0.3, 0.4) is 0 Å². The second-order valence-electron chi connectivity index (χ2n) is 6.15. The van der Waals surface area contributed by atoms with Crippen molar-refractivity contribution in [2.45, 2.75) is 45.2 Å². The number of hydrogen-bond donors (Lipinski definition) is 1. The zero-order valence-corrected chi connectivity index (χ0v) is 12.5. The highest BCUT2D eigenvalue weighted by Crippen LogP contribution is 2.25. The van der Waals surface area contributed by atoms with Gasteiger partial charge in [0.25, 0.3) is 0 Å². The van der Waals surface area contributed by atoms with Crippen LogP contribution in [0.5, 0.6) is 0 Å². The molecule has 2 nitrogen and oxygen atoms in total. The van der Waals surface area contributed by atoms with E-state index in [9.17, 15) is 4.21 Å². The Hall–Kier alpha value is -0.670. The van der Waals surface area contributed by atoms with Gasteiger partial charge in [-0.2, -0.15) is 0 Å². The van der Waals surface area contributed by atoms with Crippen molar-refractivity contribution in [3.05, 3.63) is 35.4 Å². The number of benzene rings is 1. The number of rotatable bonds is 2. The van der Waals surface area contributed by atoms with Crippen LogP contribution in [0.4, 0.5) is 0 Å². The summed E-state index contributed by atoms with van der Waals surface area (Å²) < 4.78 is 11.9. The Balaban J connectivity index is 2.18. The zero-order valence-electron chi connectivity index (χ0n) is 11.7. The van der Waals surface area contributed by atoms with E-state index in [1.807, 2.05) is 0 Å². The summed E-state index contributed by atoms with van der Waals surface area (Å²) >= 11 is 0. The molecular weight excluding hydrogens is 242 g/mol. The lowest BCUT2D eigenvalue weighted by Gasteiger charge is -2.36. The Labute approximate surface area is 113 Å². The molecule has 1 fully saturated rings. The van der Waals surface area contributed by atoms with Crippen molar-refractivity contribution in [1.29, 1.82) is 0 Å². The van der Waals surface area contributed by atoms with Gasteiger partial charge in [0.2, 0.25) is 0 Å². The van der Waals surface area contributed by atoms with Gasteiger partial charge in [0.1, 0.15) is 0 Å². The second-order valence-corrected chi connectivity index (χ2v) is 7.65. The lowest BCUT2D eigenvalue weighted by atomic mass is 9.98. The minimum absolute atomic E-state index is 0.0372. The molecule has 1 aromatic carbocycles. The van der Waals surface area contributed by atoms with Gasteiger partial charge in [-0.05, 0) is 30.9 Å². The molecule has 2 unspecified atom stereocenters. The van der Waals surface area contributed by atoms with Crippen molar-refractivity contribution in [2.24, 2.45) is 0 Å². The van der Waals surface area contributed by atoms with Crippen molar-refractivity contribution in [3.63, 3.8) is 0 Å². The topological polar surface area (TPSA) is 29.1 Å². The lowest BCUT2D eigenvalue weighted by Crippen LogP contribution is -2.52. The first kappa shape index (κ1) is 13.8. The quantitative estimate of drug-likeness (QED) is 0.890. The zero-order chi connectivity index (χ0) is 13.3. The average molecular weight is 265 g/mol. The van der Waals surface area contributed by atoms with Crippen LogP contribution in [0.1, 0.15) is 50.8 Å². The largest absolute Gasteiger partial charge is 0.303 e. The van der Waals surface area contributed by atoms with Crippen LogP contribution in [0.15, 0.2) is 24.3 Å². The maximum absolute atomic E-state index is 11.9. The Morgan fingerprint density at radius 1 is 1.28 bits per heavy atom. The summed E-state index contributed by atoms with van der Waals surface area (Å²) in [4.78, 5) is 0. The molecule has 1 aliphatic heterocycles. The highest BCUT2D eigenvalue weighted by molar-refractivity contribution is 7.85. The molecule has 3 heteroatoms. The van der Waals surface area contributed by atoms with Crippen LogP contribution >= 0.6 is 0 Å². The van der Waals surface area contributed by atoms with Gasteiger partial charge in [0.15, 0.2) is 0 Å². The Morgan fingerprint density at radius 3 is 2.39 bits per heavy atom. The van der Waals surface area contributed by atoms with Crippen molar-refractivity contribution in [3.8, 4) is 0 Å². The fraction of sp³-hybridized carbons (Fsp3) is 0.600. The van der Waals surface area contributed by atoms with Crippen molar-refractivity contribution >= 4 is 10.8 Å². The predicted molar refractivity (Wildman–Crippen MR) is 78.4 cm³/mol. The molecular formula is C15H23NOS. The summed E-state index contributed by atoms with van der Waals surface area (Å²) in [6.45, 7) is 8.65. The van der Waals surface area contributed by atoms with Crippen molar-refractivity contribution < 1.29 is 4.21 Å². The van der Waals surface area contributed by atoms with E-state index in [0.717, 1.165) is 11.5 Å². The van der Waals surface area contributed by atoms with Crippen LogP contribution in [-0.2, 0) is 10.8 Å². The van der Waals surface area contributed by atoms with Crippen molar-refractivity contribution in [2.75, 3.05) is 11.5 Å². The second kappa shape index (κ2) is 5.14. The maximum Gasteiger partial charge on any atom is 0.0441 e. The van der Waals surface area contributed by atoms with E-state index in [-0.39, 0.29) is 11.6 Å². The summed E-state index contributed by atoms with van der Waals surface area (Å²) in [5.41, 5.74) is 2.57. The van der Waals surface area contributed by atoms with E-state index in [1.165, 1.54) is 11.1 Å². The standard InChI is InChI=1S/C15H23NOS/c1-11(2)12-5-7-13(8-6-12)14-9-18(17)10-15(3,4)16-14/h5-8,11,14,16H,9-10H2,1-4H3. The van der Waals surface area contributed by atoms with Gasteiger partial charge >= 0.3 is 0 Å². The van der Waals surface area contributed by atoms with Crippen LogP contribution < -0.4 is 5.32 Å².